The summed E-state index contributed by atoms with van der Waals surface area (Å²) in [4.78, 5) is 4.09. The summed E-state index contributed by atoms with van der Waals surface area (Å²) in [7, 11) is 0. The predicted octanol–water partition coefficient (Wildman–Crippen LogP) is 2.96. The molecule has 4 nitrogen and oxygen atoms in total. The van der Waals surface area contributed by atoms with E-state index in [4.69, 9.17) is 21.4 Å². The Labute approximate surface area is 129 Å². The van der Waals surface area contributed by atoms with Gasteiger partial charge in [-0.3, -0.25) is 0 Å². The molecule has 2 rings (SSSR count). The van der Waals surface area contributed by atoms with Gasteiger partial charge in [0.1, 0.15) is 17.5 Å². The van der Waals surface area contributed by atoms with Crippen LogP contribution in [-0.2, 0) is 6.54 Å². The molecule has 0 saturated heterocycles. The highest BCUT2D eigenvalue weighted by molar-refractivity contribution is 6.29. The average Bonchev–Trinajstić information content (AvgIpc) is 2.52. The van der Waals surface area contributed by atoms with Crippen LogP contribution >= 0.6 is 11.6 Å². The fourth-order valence-corrected chi connectivity index (χ4v) is 2.08. The second kappa shape index (κ2) is 7.98. The molecule has 0 fully saturated rings. The molecule has 0 saturated carbocycles. The van der Waals surface area contributed by atoms with Crippen molar-refractivity contribution < 1.29 is 9.84 Å². The van der Waals surface area contributed by atoms with E-state index in [1.165, 1.54) is 0 Å². The maximum Gasteiger partial charge on any atom is 0.129 e. The van der Waals surface area contributed by atoms with Crippen LogP contribution in [0.4, 0.5) is 0 Å². The zero-order valence-corrected chi connectivity index (χ0v) is 12.7. The van der Waals surface area contributed by atoms with E-state index >= 15 is 0 Å². The Morgan fingerprint density at radius 3 is 2.81 bits per heavy atom. The van der Waals surface area contributed by atoms with Gasteiger partial charge in [-0.2, -0.15) is 0 Å². The summed E-state index contributed by atoms with van der Waals surface area (Å²) < 4.78 is 5.52. The van der Waals surface area contributed by atoms with Crippen LogP contribution in [0.25, 0.3) is 0 Å². The Morgan fingerprint density at radius 1 is 1.29 bits per heavy atom. The Bertz CT molecular complexity index is 560. The van der Waals surface area contributed by atoms with Crippen molar-refractivity contribution in [3.05, 3.63) is 58.9 Å². The quantitative estimate of drug-likeness (QED) is 0.772. The van der Waals surface area contributed by atoms with Crippen molar-refractivity contribution in [2.24, 2.45) is 0 Å². The largest absolute Gasteiger partial charge is 0.491 e. The molecule has 0 radical (unpaired) electrons. The number of aliphatic hydroxyl groups excluding tert-OH is 1. The van der Waals surface area contributed by atoms with Crippen molar-refractivity contribution in [3.8, 4) is 5.75 Å². The van der Waals surface area contributed by atoms with Gasteiger partial charge in [0.2, 0.25) is 0 Å². The van der Waals surface area contributed by atoms with Crippen LogP contribution in [0.15, 0.2) is 42.6 Å². The highest BCUT2D eigenvalue weighted by atomic mass is 35.5. The lowest BCUT2D eigenvalue weighted by Crippen LogP contribution is -2.19. The van der Waals surface area contributed by atoms with E-state index in [9.17, 15) is 0 Å². The normalized spacial score (nSPS) is 12.1. The van der Waals surface area contributed by atoms with Gasteiger partial charge in [0.15, 0.2) is 0 Å². The molecule has 0 unspecified atom stereocenters. The van der Waals surface area contributed by atoms with Crippen molar-refractivity contribution >= 4 is 11.6 Å². The van der Waals surface area contributed by atoms with Crippen molar-refractivity contribution in [1.82, 2.24) is 10.3 Å². The molecule has 1 atom stereocenters. The number of halogens is 1. The molecule has 5 heteroatoms. The molecule has 2 aromatic rings. The summed E-state index contributed by atoms with van der Waals surface area (Å²) in [5.41, 5.74) is 2.13. The fraction of sp³-hybridized carbons (Fsp3) is 0.312. The number of pyridine rings is 1. The van der Waals surface area contributed by atoms with Gasteiger partial charge in [0.25, 0.3) is 0 Å². The van der Waals surface area contributed by atoms with Gasteiger partial charge in [-0.1, -0.05) is 35.9 Å². The Hall–Kier alpha value is -1.62. The van der Waals surface area contributed by atoms with Crippen LogP contribution in [0.2, 0.25) is 5.15 Å². The first-order chi connectivity index (χ1) is 10.2. The first kappa shape index (κ1) is 15.8. The standard InChI is InChI=1S/C16H19ClN2O2/c1-12(13-6-7-16(17)19-10-13)18-11-14-4-2-3-5-15(14)21-9-8-20/h2-7,10,12,18,20H,8-9,11H2,1H3/t12-/m1/s1. The molecule has 0 aliphatic carbocycles. The number of nitrogens with zero attached hydrogens (tertiary/aromatic N) is 1. The zero-order valence-electron chi connectivity index (χ0n) is 11.9. The third-order valence-electron chi connectivity index (χ3n) is 3.17. The SMILES string of the molecule is C[C@@H](NCc1ccccc1OCCO)c1ccc(Cl)nc1. The third kappa shape index (κ3) is 4.70. The van der Waals surface area contributed by atoms with Gasteiger partial charge in [0, 0.05) is 24.3 Å². The topological polar surface area (TPSA) is 54.4 Å². The number of ether oxygens (including phenoxy) is 1. The maximum absolute atomic E-state index is 8.85. The first-order valence-electron chi connectivity index (χ1n) is 6.87. The van der Waals surface area contributed by atoms with Crippen molar-refractivity contribution in [2.45, 2.75) is 19.5 Å². The van der Waals surface area contributed by atoms with Crippen LogP contribution in [0.3, 0.4) is 0 Å². The summed E-state index contributed by atoms with van der Waals surface area (Å²) in [6.07, 6.45) is 1.77. The number of para-hydroxylation sites is 1. The van der Waals surface area contributed by atoms with E-state index in [0.29, 0.717) is 18.3 Å². The third-order valence-corrected chi connectivity index (χ3v) is 3.39. The second-order valence-corrected chi connectivity index (χ2v) is 5.08. The van der Waals surface area contributed by atoms with Crippen LogP contribution in [0, 0.1) is 0 Å². The monoisotopic (exact) mass is 306 g/mol. The molecule has 2 N–H and O–H groups in total. The molecule has 21 heavy (non-hydrogen) atoms. The van der Waals surface area contributed by atoms with Gasteiger partial charge in [-0.25, -0.2) is 4.98 Å². The summed E-state index contributed by atoms with van der Waals surface area (Å²) in [6, 6.07) is 11.7. The number of aromatic nitrogens is 1. The molecular weight excluding hydrogens is 288 g/mol. The van der Waals surface area contributed by atoms with Crippen molar-refractivity contribution in [3.63, 3.8) is 0 Å². The van der Waals surface area contributed by atoms with E-state index in [-0.39, 0.29) is 12.6 Å². The summed E-state index contributed by atoms with van der Waals surface area (Å²) in [6.45, 7) is 3.05. The van der Waals surface area contributed by atoms with E-state index < -0.39 is 0 Å². The molecule has 0 aliphatic rings. The Morgan fingerprint density at radius 2 is 2.10 bits per heavy atom. The van der Waals surface area contributed by atoms with Crippen LogP contribution in [0.1, 0.15) is 24.1 Å². The fourth-order valence-electron chi connectivity index (χ4n) is 1.97. The summed E-state index contributed by atoms with van der Waals surface area (Å²) in [5.74, 6) is 0.792. The molecule has 1 aromatic heterocycles. The first-order valence-corrected chi connectivity index (χ1v) is 7.25. The number of benzene rings is 1. The van der Waals surface area contributed by atoms with Gasteiger partial charge < -0.3 is 15.2 Å². The van der Waals surface area contributed by atoms with E-state index in [1.807, 2.05) is 30.3 Å². The lowest BCUT2D eigenvalue weighted by atomic mass is 10.1. The summed E-state index contributed by atoms with van der Waals surface area (Å²) >= 11 is 5.79. The molecule has 112 valence electrons. The molecule has 1 heterocycles. The number of nitrogens with one attached hydrogen (secondary N) is 1. The number of hydrogen-bond donors (Lipinski definition) is 2. The number of rotatable bonds is 7. The highest BCUT2D eigenvalue weighted by Gasteiger charge is 2.08. The Kier molecular flexibility index (Phi) is 5.99. The Balaban J connectivity index is 1.97. The van der Waals surface area contributed by atoms with Gasteiger partial charge >= 0.3 is 0 Å². The van der Waals surface area contributed by atoms with E-state index in [1.54, 1.807) is 12.3 Å². The van der Waals surface area contributed by atoms with E-state index in [2.05, 4.69) is 17.2 Å². The van der Waals surface area contributed by atoms with Crippen molar-refractivity contribution in [2.75, 3.05) is 13.2 Å². The van der Waals surface area contributed by atoms with Crippen LogP contribution in [-0.4, -0.2) is 23.3 Å². The van der Waals surface area contributed by atoms with E-state index in [0.717, 1.165) is 16.9 Å². The molecule has 0 aliphatic heterocycles. The van der Waals surface area contributed by atoms with Crippen LogP contribution < -0.4 is 10.1 Å². The smallest absolute Gasteiger partial charge is 0.129 e. The highest BCUT2D eigenvalue weighted by Crippen LogP contribution is 2.20. The van der Waals surface area contributed by atoms with Gasteiger partial charge in [-0.05, 0) is 24.6 Å². The molecule has 1 aromatic carbocycles. The predicted molar refractivity (Wildman–Crippen MR) is 83.5 cm³/mol. The second-order valence-electron chi connectivity index (χ2n) is 4.70. The summed E-state index contributed by atoms with van der Waals surface area (Å²) in [5, 5.41) is 12.8. The molecular formula is C16H19ClN2O2. The van der Waals surface area contributed by atoms with Gasteiger partial charge in [0.05, 0.1) is 6.61 Å². The molecule has 0 amide bonds. The minimum atomic E-state index is 0.00854. The van der Waals surface area contributed by atoms with Crippen LogP contribution in [0.5, 0.6) is 5.75 Å². The van der Waals surface area contributed by atoms with Crippen molar-refractivity contribution in [1.29, 1.82) is 0 Å². The number of hydrogen-bond acceptors (Lipinski definition) is 4. The number of aliphatic hydroxyl groups is 1. The van der Waals surface area contributed by atoms with Gasteiger partial charge in [-0.15, -0.1) is 0 Å². The average molecular weight is 307 g/mol. The molecule has 0 bridgehead atoms. The molecule has 0 spiro atoms. The zero-order chi connectivity index (χ0) is 15.1. The minimum Gasteiger partial charge on any atom is -0.491 e. The minimum absolute atomic E-state index is 0.00854. The maximum atomic E-state index is 8.85. The lowest BCUT2D eigenvalue weighted by molar-refractivity contribution is 0.200. The lowest BCUT2D eigenvalue weighted by Gasteiger charge is -2.16.